The van der Waals surface area contributed by atoms with E-state index in [1.54, 1.807) is 11.8 Å². The Morgan fingerprint density at radius 3 is 2.75 bits per heavy atom. The highest BCUT2D eigenvalue weighted by molar-refractivity contribution is 5.92. The number of ether oxygens (including phenoxy) is 1. The third-order valence-corrected chi connectivity index (χ3v) is 2.99. The number of carbonyl (C=O) groups is 1. The Balaban J connectivity index is 2.46. The minimum absolute atomic E-state index is 0.0696. The van der Waals surface area contributed by atoms with E-state index >= 15 is 0 Å². The third kappa shape index (κ3) is 4.94. The second kappa shape index (κ2) is 8.71. The standard InChI is InChI=1S/C14H26N4O2/c1-5-18-13(10-12(17-18)11(2)3)14(19)16-7-6-15-8-9-20-4/h10-11,15H,5-9H2,1-4H3,(H,16,19). The molecule has 6 nitrogen and oxygen atoms in total. The van der Waals surface area contributed by atoms with Crippen molar-refractivity contribution in [3.8, 4) is 0 Å². The third-order valence-electron chi connectivity index (χ3n) is 2.99. The lowest BCUT2D eigenvalue weighted by atomic mass is 10.1. The zero-order valence-corrected chi connectivity index (χ0v) is 12.9. The summed E-state index contributed by atoms with van der Waals surface area (Å²) in [6.45, 7) is 9.61. The second-order valence-corrected chi connectivity index (χ2v) is 4.92. The predicted molar refractivity (Wildman–Crippen MR) is 79.1 cm³/mol. The average molecular weight is 282 g/mol. The summed E-state index contributed by atoms with van der Waals surface area (Å²) in [5.74, 6) is 0.254. The van der Waals surface area contributed by atoms with Crippen molar-refractivity contribution in [2.45, 2.75) is 33.2 Å². The summed E-state index contributed by atoms with van der Waals surface area (Å²) in [6, 6.07) is 1.88. The summed E-state index contributed by atoms with van der Waals surface area (Å²) >= 11 is 0. The van der Waals surface area contributed by atoms with Gasteiger partial charge in [-0.2, -0.15) is 5.10 Å². The van der Waals surface area contributed by atoms with Gasteiger partial charge in [-0.25, -0.2) is 0 Å². The number of aryl methyl sites for hydroxylation is 1. The maximum Gasteiger partial charge on any atom is 0.269 e. The van der Waals surface area contributed by atoms with Crippen molar-refractivity contribution in [2.24, 2.45) is 0 Å². The van der Waals surface area contributed by atoms with Gasteiger partial charge in [0.05, 0.1) is 12.3 Å². The molecule has 1 aromatic rings. The molecule has 114 valence electrons. The number of rotatable bonds is 9. The fraction of sp³-hybridized carbons (Fsp3) is 0.714. The Labute approximate surface area is 120 Å². The van der Waals surface area contributed by atoms with Crippen LogP contribution >= 0.6 is 0 Å². The van der Waals surface area contributed by atoms with E-state index in [0.717, 1.165) is 18.8 Å². The van der Waals surface area contributed by atoms with E-state index in [9.17, 15) is 4.79 Å². The first-order valence-electron chi connectivity index (χ1n) is 7.15. The highest BCUT2D eigenvalue weighted by Crippen LogP contribution is 2.14. The number of aromatic nitrogens is 2. The molecule has 20 heavy (non-hydrogen) atoms. The summed E-state index contributed by atoms with van der Waals surface area (Å²) in [7, 11) is 1.67. The lowest BCUT2D eigenvalue weighted by Crippen LogP contribution is -2.34. The number of nitrogens with zero attached hydrogens (tertiary/aromatic N) is 2. The number of methoxy groups -OCH3 is 1. The fourth-order valence-electron chi connectivity index (χ4n) is 1.80. The van der Waals surface area contributed by atoms with Crippen molar-refractivity contribution < 1.29 is 9.53 Å². The largest absolute Gasteiger partial charge is 0.383 e. The highest BCUT2D eigenvalue weighted by Gasteiger charge is 2.15. The molecule has 0 saturated heterocycles. The van der Waals surface area contributed by atoms with E-state index in [1.807, 2.05) is 13.0 Å². The van der Waals surface area contributed by atoms with Gasteiger partial charge in [-0.15, -0.1) is 0 Å². The first-order valence-corrected chi connectivity index (χ1v) is 7.15. The normalized spacial score (nSPS) is 11.1. The summed E-state index contributed by atoms with van der Waals surface area (Å²) in [5.41, 5.74) is 1.59. The van der Waals surface area contributed by atoms with E-state index < -0.39 is 0 Å². The quantitative estimate of drug-likeness (QED) is 0.663. The van der Waals surface area contributed by atoms with Gasteiger partial charge in [0.25, 0.3) is 5.91 Å². The lowest BCUT2D eigenvalue weighted by Gasteiger charge is -2.07. The number of carbonyl (C=O) groups excluding carboxylic acids is 1. The fourth-order valence-corrected chi connectivity index (χ4v) is 1.80. The Bertz CT molecular complexity index is 415. The summed E-state index contributed by atoms with van der Waals surface area (Å²) in [6.07, 6.45) is 0. The molecular formula is C14H26N4O2. The molecule has 1 aromatic heterocycles. The van der Waals surface area contributed by atoms with Gasteiger partial charge in [-0.1, -0.05) is 13.8 Å². The van der Waals surface area contributed by atoms with Gasteiger partial charge in [-0.3, -0.25) is 9.48 Å². The maximum absolute atomic E-state index is 12.1. The molecule has 0 spiro atoms. The molecule has 0 bridgehead atoms. The maximum atomic E-state index is 12.1. The van der Waals surface area contributed by atoms with Crippen LogP contribution in [0.5, 0.6) is 0 Å². The van der Waals surface area contributed by atoms with E-state index in [-0.39, 0.29) is 5.91 Å². The van der Waals surface area contributed by atoms with Crippen molar-refractivity contribution in [1.29, 1.82) is 0 Å². The van der Waals surface area contributed by atoms with Crippen LogP contribution in [0.25, 0.3) is 0 Å². The van der Waals surface area contributed by atoms with Crippen molar-refractivity contribution in [2.75, 3.05) is 33.4 Å². The van der Waals surface area contributed by atoms with Crippen molar-refractivity contribution in [1.82, 2.24) is 20.4 Å². The molecule has 0 radical (unpaired) electrons. The monoisotopic (exact) mass is 282 g/mol. The molecule has 1 amide bonds. The van der Waals surface area contributed by atoms with Crippen molar-refractivity contribution in [3.05, 3.63) is 17.5 Å². The number of nitrogens with one attached hydrogen (secondary N) is 2. The number of amides is 1. The van der Waals surface area contributed by atoms with Crippen LogP contribution in [0.3, 0.4) is 0 Å². The van der Waals surface area contributed by atoms with Gasteiger partial charge in [0.15, 0.2) is 0 Å². The minimum Gasteiger partial charge on any atom is -0.383 e. The molecule has 0 atom stereocenters. The van der Waals surface area contributed by atoms with E-state index in [0.29, 0.717) is 31.3 Å². The van der Waals surface area contributed by atoms with Gasteiger partial charge in [0.1, 0.15) is 5.69 Å². The molecule has 0 fully saturated rings. The number of hydrogen-bond acceptors (Lipinski definition) is 4. The van der Waals surface area contributed by atoms with Crippen molar-refractivity contribution >= 4 is 5.91 Å². The van der Waals surface area contributed by atoms with Crippen LogP contribution in [0.15, 0.2) is 6.07 Å². The van der Waals surface area contributed by atoms with Crippen LogP contribution in [-0.4, -0.2) is 49.0 Å². The zero-order chi connectivity index (χ0) is 15.0. The molecule has 2 N–H and O–H groups in total. The molecular weight excluding hydrogens is 256 g/mol. The minimum atomic E-state index is -0.0696. The molecule has 1 heterocycles. The van der Waals surface area contributed by atoms with Crippen LogP contribution in [0.1, 0.15) is 42.9 Å². The molecule has 0 aromatic carbocycles. The van der Waals surface area contributed by atoms with Gasteiger partial charge in [-0.05, 0) is 18.9 Å². The van der Waals surface area contributed by atoms with E-state index in [4.69, 9.17) is 4.74 Å². The molecule has 0 unspecified atom stereocenters. The Morgan fingerprint density at radius 2 is 2.15 bits per heavy atom. The zero-order valence-electron chi connectivity index (χ0n) is 12.9. The molecule has 0 aliphatic heterocycles. The smallest absolute Gasteiger partial charge is 0.269 e. The van der Waals surface area contributed by atoms with Crippen LogP contribution in [0.4, 0.5) is 0 Å². The van der Waals surface area contributed by atoms with Crippen LogP contribution < -0.4 is 10.6 Å². The highest BCUT2D eigenvalue weighted by atomic mass is 16.5. The molecule has 0 aliphatic carbocycles. The average Bonchev–Trinajstić information content (AvgIpc) is 2.87. The van der Waals surface area contributed by atoms with Crippen molar-refractivity contribution in [3.63, 3.8) is 0 Å². The lowest BCUT2D eigenvalue weighted by molar-refractivity contribution is 0.0943. The van der Waals surface area contributed by atoms with Gasteiger partial charge >= 0.3 is 0 Å². The Kier molecular flexibility index (Phi) is 7.25. The first-order chi connectivity index (χ1) is 9.60. The van der Waals surface area contributed by atoms with Crippen LogP contribution in [-0.2, 0) is 11.3 Å². The summed E-state index contributed by atoms with van der Waals surface area (Å²) < 4.78 is 6.69. The second-order valence-electron chi connectivity index (χ2n) is 4.92. The van der Waals surface area contributed by atoms with E-state index in [1.165, 1.54) is 0 Å². The SMILES string of the molecule is CCn1nc(C(C)C)cc1C(=O)NCCNCCOC. The van der Waals surface area contributed by atoms with Crippen LogP contribution in [0.2, 0.25) is 0 Å². The van der Waals surface area contributed by atoms with E-state index in [2.05, 4.69) is 29.6 Å². The van der Waals surface area contributed by atoms with Gasteiger partial charge in [0, 0.05) is 33.3 Å². The molecule has 0 saturated carbocycles. The number of hydrogen-bond donors (Lipinski definition) is 2. The van der Waals surface area contributed by atoms with Crippen LogP contribution in [0, 0.1) is 0 Å². The Morgan fingerprint density at radius 1 is 1.40 bits per heavy atom. The molecule has 0 aliphatic rings. The summed E-state index contributed by atoms with van der Waals surface area (Å²) in [4.78, 5) is 12.1. The summed E-state index contributed by atoms with van der Waals surface area (Å²) in [5, 5.41) is 10.5. The van der Waals surface area contributed by atoms with Gasteiger partial charge < -0.3 is 15.4 Å². The first kappa shape index (κ1) is 16.7. The topological polar surface area (TPSA) is 68.2 Å². The Hall–Kier alpha value is -1.40. The molecule has 1 rings (SSSR count). The molecule has 6 heteroatoms. The predicted octanol–water partition coefficient (Wildman–Crippen LogP) is 0.992. The van der Waals surface area contributed by atoms with Gasteiger partial charge in [0.2, 0.25) is 0 Å².